The molecule has 3 N–H and O–H groups in total. The fraction of sp³-hybridized carbons (Fsp3) is 0.250. The molecule has 0 saturated carbocycles. The van der Waals surface area contributed by atoms with Gasteiger partial charge in [0.1, 0.15) is 5.75 Å². The molecule has 0 unspecified atom stereocenters. The third-order valence-electron chi connectivity index (χ3n) is 4.23. The zero-order chi connectivity index (χ0) is 21.7. The Morgan fingerprint density at radius 3 is 2.40 bits per heavy atom. The normalized spacial score (nSPS) is 12.0. The molecule has 0 bridgehead atoms. The van der Waals surface area contributed by atoms with Crippen LogP contribution in [0.1, 0.15) is 10.4 Å². The van der Waals surface area contributed by atoms with Crippen molar-refractivity contribution in [2.75, 3.05) is 45.1 Å². The lowest BCUT2D eigenvalue weighted by Gasteiger charge is -2.18. The summed E-state index contributed by atoms with van der Waals surface area (Å²) in [6, 6.07) is 7.82. The third-order valence-corrected chi connectivity index (χ3v) is 4.23. The number of hydrogen-bond donors (Lipinski definition) is 3. The van der Waals surface area contributed by atoms with Crippen molar-refractivity contribution in [3.8, 4) is 23.0 Å². The summed E-state index contributed by atoms with van der Waals surface area (Å²) < 4.78 is 20.9. The van der Waals surface area contributed by atoms with E-state index in [9.17, 15) is 14.4 Å². The van der Waals surface area contributed by atoms with Crippen molar-refractivity contribution >= 4 is 29.1 Å². The molecular weight excluding hydrogens is 394 g/mol. The number of ether oxygens (including phenoxy) is 4. The molecule has 30 heavy (non-hydrogen) atoms. The molecule has 10 nitrogen and oxygen atoms in total. The van der Waals surface area contributed by atoms with Gasteiger partial charge in [-0.25, -0.2) is 0 Å². The van der Waals surface area contributed by atoms with Crippen molar-refractivity contribution < 1.29 is 33.3 Å². The summed E-state index contributed by atoms with van der Waals surface area (Å²) in [5.41, 5.74) is 1.16. The first kappa shape index (κ1) is 20.8. The van der Waals surface area contributed by atoms with Crippen LogP contribution in [-0.4, -0.2) is 52.2 Å². The van der Waals surface area contributed by atoms with Gasteiger partial charge in [0.05, 0.1) is 33.6 Å². The number of anilines is 2. The number of carbonyl (C=O) groups is 3. The average Bonchev–Trinajstić information content (AvgIpc) is 2.75. The molecule has 1 aliphatic heterocycles. The number of carbonyl (C=O) groups excluding carboxylic acids is 3. The summed E-state index contributed by atoms with van der Waals surface area (Å²) in [6.07, 6.45) is 0. The molecule has 1 heterocycles. The molecular formula is C20H21N3O7. The quantitative estimate of drug-likeness (QED) is 0.625. The molecule has 10 heteroatoms. The third kappa shape index (κ3) is 4.54. The lowest BCUT2D eigenvalue weighted by Crippen LogP contribution is -2.33. The molecule has 0 fully saturated rings. The molecule has 0 saturated heterocycles. The van der Waals surface area contributed by atoms with Gasteiger partial charge in [0.15, 0.2) is 18.1 Å². The second-order valence-electron chi connectivity index (χ2n) is 6.19. The van der Waals surface area contributed by atoms with Crippen LogP contribution in [0, 0.1) is 0 Å². The maximum Gasteiger partial charge on any atom is 0.262 e. The molecule has 1 aliphatic rings. The van der Waals surface area contributed by atoms with Gasteiger partial charge < -0.3 is 34.9 Å². The summed E-state index contributed by atoms with van der Waals surface area (Å²) in [5, 5.41) is 7.84. The van der Waals surface area contributed by atoms with Crippen molar-refractivity contribution in [2.45, 2.75) is 0 Å². The van der Waals surface area contributed by atoms with E-state index in [-0.39, 0.29) is 24.6 Å². The molecule has 0 aliphatic carbocycles. The number of fused-ring (bicyclic) bond motifs is 1. The highest BCUT2D eigenvalue weighted by Gasteiger charge is 2.18. The van der Waals surface area contributed by atoms with E-state index in [2.05, 4.69) is 16.0 Å². The molecule has 158 valence electrons. The predicted octanol–water partition coefficient (Wildman–Crippen LogP) is 1.41. The van der Waals surface area contributed by atoms with E-state index in [1.807, 2.05) is 0 Å². The molecule has 3 amide bonds. The first-order chi connectivity index (χ1) is 14.4. The lowest BCUT2D eigenvalue weighted by atomic mass is 10.1. The van der Waals surface area contributed by atoms with Gasteiger partial charge in [0, 0.05) is 11.3 Å². The Balaban J connectivity index is 1.63. The first-order valence-electron chi connectivity index (χ1n) is 8.90. The van der Waals surface area contributed by atoms with Gasteiger partial charge in [0.2, 0.25) is 11.7 Å². The number of hydrogen-bond acceptors (Lipinski definition) is 7. The molecule has 0 atom stereocenters. The van der Waals surface area contributed by atoms with E-state index >= 15 is 0 Å². The van der Waals surface area contributed by atoms with Crippen LogP contribution in [0.25, 0.3) is 0 Å². The van der Waals surface area contributed by atoms with Gasteiger partial charge in [-0.3, -0.25) is 14.4 Å². The van der Waals surface area contributed by atoms with Crippen LogP contribution < -0.4 is 34.9 Å². The zero-order valence-corrected chi connectivity index (χ0v) is 16.7. The van der Waals surface area contributed by atoms with Crippen molar-refractivity contribution in [1.82, 2.24) is 5.32 Å². The summed E-state index contributed by atoms with van der Waals surface area (Å²) in [5.74, 6) is 0.313. The van der Waals surface area contributed by atoms with E-state index in [1.165, 1.54) is 33.5 Å². The molecule has 0 aromatic heterocycles. The van der Waals surface area contributed by atoms with Gasteiger partial charge in [-0.05, 0) is 30.3 Å². The van der Waals surface area contributed by atoms with Gasteiger partial charge in [-0.15, -0.1) is 0 Å². The Morgan fingerprint density at radius 2 is 1.77 bits per heavy atom. The fourth-order valence-electron chi connectivity index (χ4n) is 2.84. The molecule has 0 spiro atoms. The summed E-state index contributed by atoms with van der Waals surface area (Å²) in [4.78, 5) is 36.1. The molecule has 2 aromatic rings. The second-order valence-corrected chi connectivity index (χ2v) is 6.19. The van der Waals surface area contributed by atoms with Crippen LogP contribution in [0.15, 0.2) is 30.3 Å². The minimum absolute atomic E-state index is 0.0499. The van der Waals surface area contributed by atoms with Crippen LogP contribution in [0.2, 0.25) is 0 Å². The van der Waals surface area contributed by atoms with E-state index < -0.39 is 11.8 Å². The van der Waals surface area contributed by atoms with E-state index in [4.69, 9.17) is 18.9 Å². The van der Waals surface area contributed by atoms with Crippen molar-refractivity contribution in [2.24, 2.45) is 0 Å². The van der Waals surface area contributed by atoms with Crippen LogP contribution in [0.3, 0.4) is 0 Å². The van der Waals surface area contributed by atoms with Gasteiger partial charge >= 0.3 is 0 Å². The zero-order valence-electron chi connectivity index (χ0n) is 16.7. The number of rotatable bonds is 7. The van der Waals surface area contributed by atoms with Gasteiger partial charge in [-0.1, -0.05) is 0 Å². The summed E-state index contributed by atoms with van der Waals surface area (Å²) in [7, 11) is 4.35. The second kappa shape index (κ2) is 9.03. The monoisotopic (exact) mass is 415 g/mol. The number of benzene rings is 2. The first-order valence-corrected chi connectivity index (χ1v) is 8.90. The molecule has 3 rings (SSSR count). The highest BCUT2D eigenvalue weighted by molar-refractivity contribution is 6.01. The predicted molar refractivity (Wildman–Crippen MR) is 108 cm³/mol. The Morgan fingerprint density at radius 1 is 1.07 bits per heavy atom. The van der Waals surface area contributed by atoms with E-state index in [1.54, 1.807) is 18.2 Å². The highest BCUT2D eigenvalue weighted by Crippen LogP contribution is 2.38. The molecule has 0 radical (unpaired) electrons. The fourth-order valence-corrected chi connectivity index (χ4v) is 2.84. The maximum absolute atomic E-state index is 12.5. The summed E-state index contributed by atoms with van der Waals surface area (Å²) in [6.45, 7) is -0.318. The van der Waals surface area contributed by atoms with E-state index in [0.29, 0.717) is 34.4 Å². The number of methoxy groups -OCH3 is 3. The van der Waals surface area contributed by atoms with Crippen LogP contribution in [0.4, 0.5) is 11.4 Å². The van der Waals surface area contributed by atoms with E-state index in [0.717, 1.165) is 0 Å². The smallest absolute Gasteiger partial charge is 0.262 e. The maximum atomic E-state index is 12.5. The Bertz CT molecular complexity index is 965. The van der Waals surface area contributed by atoms with Crippen molar-refractivity contribution in [3.63, 3.8) is 0 Å². The van der Waals surface area contributed by atoms with Crippen LogP contribution >= 0.6 is 0 Å². The topological polar surface area (TPSA) is 124 Å². The summed E-state index contributed by atoms with van der Waals surface area (Å²) >= 11 is 0. The highest BCUT2D eigenvalue weighted by atomic mass is 16.5. The average molecular weight is 415 g/mol. The van der Waals surface area contributed by atoms with Gasteiger partial charge in [0.25, 0.3) is 11.8 Å². The van der Waals surface area contributed by atoms with Crippen LogP contribution in [-0.2, 0) is 9.59 Å². The Kier molecular flexibility index (Phi) is 6.26. The minimum atomic E-state index is -0.490. The largest absolute Gasteiger partial charge is 0.493 e. The Hall–Kier alpha value is -3.95. The minimum Gasteiger partial charge on any atom is -0.493 e. The van der Waals surface area contributed by atoms with Gasteiger partial charge in [-0.2, -0.15) is 0 Å². The Labute approximate surface area is 172 Å². The SMILES string of the molecule is COc1cc(C(=O)NCC(=O)Nc2ccc3c(c2)NC(=O)CO3)cc(OC)c1OC. The number of amides is 3. The standard InChI is InChI=1S/C20H21N3O7/c1-27-15-6-11(7-16(28-2)19(15)29-3)20(26)21-9-17(24)22-12-4-5-14-13(8-12)23-18(25)10-30-14/h4-8H,9-10H2,1-3H3,(H,21,26)(H,22,24)(H,23,25). The van der Waals surface area contributed by atoms with Crippen LogP contribution in [0.5, 0.6) is 23.0 Å². The van der Waals surface area contributed by atoms with Crippen molar-refractivity contribution in [1.29, 1.82) is 0 Å². The molecule has 2 aromatic carbocycles. The lowest BCUT2D eigenvalue weighted by molar-refractivity contribution is -0.118. The van der Waals surface area contributed by atoms with Crippen molar-refractivity contribution in [3.05, 3.63) is 35.9 Å². The number of nitrogens with one attached hydrogen (secondary N) is 3.